The Morgan fingerprint density at radius 1 is 0.788 bits per heavy atom. The molecule has 0 aliphatic carbocycles. The standard InChI is InChI=1S/C27H25N3O3/c1-33-23-11-7-10-22(18-23)30-26(31)24(19-8-3-2-4-9-19)25(27(30)32)28-20-12-14-21(15-13-20)29-16-5-6-17-29/h2-4,7-15,18,28H,5-6,16-17H2,1H3. The molecule has 0 unspecified atom stereocenters. The number of hydrogen-bond acceptors (Lipinski definition) is 5. The summed E-state index contributed by atoms with van der Waals surface area (Å²) in [5.74, 6) is -0.181. The van der Waals surface area contributed by atoms with Crippen molar-refractivity contribution in [1.82, 2.24) is 0 Å². The molecule has 0 aromatic heterocycles. The van der Waals surface area contributed by atoms with Gasteiger partial charge in [0.05, 0.1) is 18.4 Å². The van der Waals surface area contributed by atoms with E-state index in [-0.39, 0.29) is 11.6 Å². The molecule has 166 valence electrons. The third-order valence-electron chi connectivity index (χ3n) is 6.07. The topological polar surface area (TPSA) is 61.9 Å². The third kappa shape index (κ3) is 3.96. The Balaban J connectivity index is 1.51. The molecule has 0 saturated carbocycles. The van der Waals surface area contributed by atoms with Gasteiger partial charge >= 0.3 is 0 Å². The lowest BCUT2D eigenvalue weighted by Gasteiger charge is -2.18. The fraction of sp³-hybridized carbons (Fsp3) is 0.185. The summed E-state index contributed by atoms with van der Waals surface area (Å²) in [6, 6.07) is 24.3. The van der Waals surface area contributed by atoms with Crippen LogP contribution in [0.5, 0.6) is 5.75 Å². The smallest absolute Gasteiger partial charge is 0.282 e. The number of ether oxygens (including phenoxy) is 1. The highest BCUT2D eigenvalue weighted by Gasteiger charge is 2.40. The molecule has 0 bridgehead atoms. The van der Waals surface area contributed by atoms with Crippen molar-refractivity contribution >= 4 is 34.4 Å². The van der Waals surface area contributed by atoms with Crippen LogP contribution >= 0.6 is 0 Å². The minimum atomic E-state index is -0.393. The van der Waals surface area contributed by atoms with E-state index < -0.39 is 5.91 Å². The molecule has 6 heteroatoms. The number of anilines is 3. The molecule has 2 amide bonds. The highest BCUT2D eigenvalue weighted by atomic mass is 16.5. The second kappa shape index (κ2) is 8.82. The average Bonchev–Trinajstić information content (AvgIpc) is 3.47. The normalized spacial score (nSPS) is 16.0. The van der Waals surface area contributed by atoms with Gasteiger partial charge in [0, 0.05) is 30.5 Å². The van der Waals surface area contributed by atoms with Crippen molar-refractivity contribution in [2.45, 2.75) is 12.8 Å². The Kier molecular flexibility index (Phi) is 5.57. The Morgan fingerprint density at radius 3 is 2.21 bits per heavy atom. The molecule has 0 atom stereocenters. The first-order valence-corrected chi connectivity index (χ1v) is 11.1. The van der Waals surface area contributed by atoms with E-state index in [1.54, 1.807) is 31.4 Å². The maximum absolute atomic E-state index is 13.5. The zero-order valence-corrected chi connectivity index (χ0v) is 18.5. The second-order valence-corrected chi connectivity index (χ2v) is 8.13. The molecule has 0 spiro atoms. The number of carbonyl (C=O) groups excluding carboxylic acids is 2. The fourth-order valence-corrected chi connectivity index (χ4v) is 4.38. The molecule has 33 heavy (non-hydrogen) atoms. The van der Waals surface area contributed by atoms with Crippen molar-refractivity contribution in [3.8, 4) is 5.75 Å². The number of amides is 2. The molecular weight excluding hydrogens is 414 g/mol. The zero-order chi connectivity index (χ0) is 22.8. The largest absolute Gasteiger partial charge is 0.497 e. The van der Waals surface area contributed by atoms with Crippen LogP contribution < -0.4 is 19.9 Å². The minimum Gasteiger partial charge on any atom is -0.497 e. The Morgan fingerprint density at radius 2 is 1.52 bits per heavy atom. The first kappa shape index (κ1) is 20.8. The quantitative estimate of drug-likeness (QED) is 0.565. The number of nitrogens with zero attached hydrogens (tertiary/aromatic N) is 2. The highest BCUT2D eigenvalue weighted by Crippen LogP contribution is 2.35. The average molecular weight is 440 g/mol. The summed E-state index contributed by atoms with van der Waals surface area (Å²) in [5.41, 5.74) is 3.71. The summed E-state index contributed by atoms with van der Waals surface area (Å²) in [7, 11) is 1.55. The van der Waals surface area contributed by atoms with Crippen LogP contribution in [0.1, 0.15) is 18.4 Å². The van der Waals surface area contributed by atoms with Gasteiger partial charge in [0.1, 0.15) is 11.4 Å². The molecule has 3 aromatic carbocycles. The number of imide groups is 1. The van der Waals surface area contributed by atoms with Crippen LogP contribution in [0, 0.1) is 0 Å². The SMILES string of the molecule is COc1cccc(N2C(=O)C(Nc3ccc(N4CCCC4)cc3)=C(c3ccccc3)C2=O)c1. The van der Waals surface area contributed by atoms with Crippen LogP contribution in [0.25, 0.3) is 5.57 Å². The van der Waals surface area contributed by atoms with Crippen LogP contribution in [-0.4, -0.2) is 32.0 Å². The van der Waals surface area contributed by atoms with E-state index in [1.807, 2.05) is 42.5 Å². The maximum atomic E-state index is 13.5. The number of carbonyl (C=O) groups is 2. The van der Waals surface area contributed by atoms with Crippen LogP contribution in [0.3, 0.4) is 0 Å². The number of rotatable bonds is 6. The molecule has 1 fully saturated rings. The van der Waals surface area contributed by atoms with Crippen LogP contribution in [0.4, 0.5) is 17.1 Å². The molecule has 1 N–H and O–H groups in total. The van der Waals surface area contributed by atoms with Gasteiger partial charge in [-0.15, -0.1) is 0 Å². The number of benzene rings is 3. The van der Waals surface area contributed by atoms with Gasteiger partial charge in [-0.1, -0.05) is 36.4 Å². The molecule has 2 aliphatic rings. The van der Waals surface area contributed by atoms with Gasteiger partial charge < -0.3 is 15.0 Å². The lowest BCUT2D eigenvalue weighted by Crippen LogP contribution is -2.32. The summed E-state index contributed by atoms with van der Waals surface area (Å²) in [4.78, 5) is 30.6. The van der Waals surface area contributed by atoms with Crippen molar-refractivity contribution < 1.29 is 14.3 Å². The summed E-state index contributed by atoms with van der Waals surface area (Å²) in [6.07, 6.45) is 2.42. The van der Waals surface area contributed by atoms with Gasteiger partial charge in [0.25, 0.3) is 11.8 Å². The van der Waals surface area contributed by atoms with Gasteiger partial charge in [-0.05, 0) is 54.8 Å². The van der Waals surface area contributed by atoms with E-state index in [0.717, 1.165) is 18.8 Å². The molecule has 1 saturated heterocycles. The fourth-order valence-electron chi connectivity index (χ4n) is 4.38. The van der Waals surface area contributed by atoms with Crippen molar-refractivity contribution in [3.05, 3.63) is 90.1 Å². The van der Waals surface area contributed by atoms with Crippen molar-refractivity contribution in [2.75, 3.05) is 35.3 Å². The number of methoxy groups -OCH3 is 1. The Labute approximate surface area is 193 Å². The summed E-state index contributed by atoms with van der Waals surface area (Å²) < 4.78 is 5.29. The molecule has 2 heterocycles. The molecule has 0 radical (unpaired) electrons. The lowest BCUT2D eigenvalue weighted by atomic mass is 10.0. The first-order chi connectivity index (χ1) is 16.2. The van der Waals surface area contributed by atoms with Crippen molar-refractivity contribution in [3.63, 3.8) is 0 Å². The molecule has 3 aromatic rings. The summed E-state index contributed by atoms with van der Waals surface area (Å²) >= 11 is 0. The number of nitrogens with one attached hydrogen (secondary N) is 1. The molecular formula is C27H25N3O3. The van der Waals surface area contributed by atoms with E-state index in [4.69, 9.17) is 4.74 Å². The van der Waals surface area contributed by atoms with Gasteiger partial charge in [0.15, 0.2) is 0 Å². The van der Waals surface area contributed by atoms with Gasteiger partial charge in [0.2, 0.25) is 0 Å². The van der Waals surface area contributed by atoms with Gasteiger partial charge in [-0.2, -0.15) is 0 Å². The lowest BCUT2D eigenvalue weighted by molar-refractivity contribution is -0.120. The highest BCUT2D eigenvalue weighted by molar-refractivity contribution is 6.46. The van der Waals surface area contributed by atoms with Crippen molar-refractivity contribution in [1.29, 1.82) is 0 Å². The number of hydrogen-bond donors (Lipinski definition) is 1. The maximum Gasteiger partial charge on any atom is 0.282 e. The predicted octanol–water partition coefficient (Wildman–Crippen LogP) is 4.69. The monoisotopic (exact) mass is 439 g/mol. The third-order valence-corrected chi connectivity index (χ3v) is 6.07. The van der Waals surface area contributed by atoms with E-state index >= 15 is 0 Å². The van der Waals surface area contributed by atoms with E-state index in [9.17, 15) is 9.59 Å². The first-order valence-electron chi connectivity index (χ1n) is 11.1. The Hall–Kier alpha value is -4.06. The Bertz CT molecular complexity index is 1210. The van der Waals surface area contributed by atoms with E-state index in [0.29, 0.717) is 22.6 Å². The molecule has 2 aliphatic heterocycles. The summed E-state index contributed by atoms with van der Waals surface area (Å²) in [6.45, 7) is 2.14. The minimum absolute atomic E-state index is 0.267. The van der Waals surface area contributed by atoms with Crippen LogP contribution in [-0.2, 0) is 9.59 Å². The van der Waals surface area contributed by atoms with E-state index in [2.05, 4.69) is 22.3 Å². The van der Waals surface area contributed by atoms with Crippen LogP contribution in [0.2, 0.25) is 0 Å². The van der Waals surface area contributed by atoms with Gasteiger partial charge in [-0.25, -0.2) is 4.90 Å². The second-order valence-electron chi connectivity index (χ2n) is 8.13. The predicted molar refractivity (Wildman–Crippen MR) is 130 cm³/mol. The van der Waals surface area contributed by atoms with Crippen molar-refractivity contribution in [2.24, 2.45) is 0 Å². The zero-order valence-electron chi connectivity index (χ0n) is 18.5. The van der Waals surface area contributed by atoms with E-state index in [1.165, 1.54) is 23.4 Å². The molecule has 6 nitrogen and oxygen atoms in total. The van der Waals surface area contributed by atoms with Gasteiger partial charge in [-0.3, -0.25) is 9.59 Å². The summed E-state index contributed by atoms with van der Waals surface area (Å²) in [5, 5.41) is 3.23. The van der Waals surface area contributed by atoms with Crippen LogP contribution in [0.15, 0.2) is 84.6 Å². The molecule has 5 rings (SSSR count).